The molecule has 0 spiro atoms. The van der Waals surface area contributed by atoms with Gasteiger partial charge in [-0.3, -0.25) is 4.79 Å². The Kier molecular flexibility index (Phi) is 4.64. The minimum atomic E-state index is -0.449. The normalized spacial score (nSPS) is 25.0. The van der Waals surface area contributed by atoms with Gasteiger partial charge in [-0.15, -0.1) is 0 Å². The number of piperidine rings is 1. The summed E-state index contributed by atoms with van der Waals surface area (Å²) in [7, 11) is 0. The van der Waals surface area contributed by atoms with Crippen LogP contribution in [-0.2, 0) is 6.42 Å². The van der Waals surface area contributed by atoms with E-state index in [0.717, 1.165) is 18.5 Å². The zero-order valence-corrected chi connectivity index (χ0v) is 14.7. The van der Waals surface area contributed by atoms with Crippen LogP contribution in [-0.4, -0.2) is 42.4 Å². The number of aliphatic hydroxyl groups excluding tert-OH is 1. The topological polar surface area (TPSA) is 96.6 Å². The van der Waals surface area contributed by atoms with Crippen molar-refractivity contribution in [3.8, 4) is 5.75 Å². The summed E-state index contributed by atoms with van der Waals surface area (Å²) in [5.41, 5.74) is 7.30. The van der Waals surface area contributed by atoms with Gasteiger partial charge in [-0.25, -0.2) is 0 Å². The van der Waals surface area contributed by atoms with Crippen LogP contribution in [0.5, 0.6) is 5.75 Å². The number of ether oxygens (including phenoxy) is 1. The summed E-state index contributed by atoms with van der Waals surface area (Å²) >= 11 is 6.20. The van der Waals surface area contributed by atoms with Gasteiger partial charge in [0, 0.05) is 31.0 Å². The quantitative estimate of drug-likeness (QED) is 0.615. The highest BCUT2D eigenvalue weighted by atomic mass is 35.5. The van der Waals surface area contributed by atoms with E-state index in [1.807, 2.05) is 13.8 Å². The number of carbonyl (C=O) groups excluding carboxylic acids is 1. The summed E-state index contributed by atoms with van der Waals surface area (Å²) in [5, 5.41) is 16.4. The first-order chi connectivity index (χ1) is 11.3. The fraction of sp³-hybridized carbons (Fsp3) is 0.588. The lowest BCUT2D eigenvalue weighted by molar-refractivity contribution is 0.0750. The average molecular weight is 354 g/mol. The molecule has 7 heteroatoms. The molecule has 1 saturated heterocycles. The molecule has 24 heavy (non-hydrogen) atoms. The Bertz CT molecular complexity index is 663. The van der Waals surface area contributed by atoms with E-state index in [-0.39, 0.29) is 11.8 Å². The lowest BCUT2D eigenvalue weighted by atomic mass is 9.95. The highest BCUT2D eigenvalue weighted by Gasteiger charge is 2.36. The predicted octanol–water partition coefficient (Wildman–Crippen LogP) is 1.34. The van der Waals surface area contributed by atoms with Gasteiger partial charge in [-0.2, -0.15) is 0 Å². The number of fused-ring (bicyclic) bond motifs is 1. The van der Waals surface area contributed by atoms with E-state index in [9.17, 15) is 9.90 Å². The Morgan fingerprint density at radius 3 is 3.04 bits per heavy atom. The molecule has 0 radical (unpaired) electrons. The number of nitrogens with two attached hydrogens (primary N) is 1. The monoisotopic (exact) mass is 353 g/mol. The maximum atomic E-state index is 12.6. The van der Waals surface area contributed by atoms with Gasteiger partial charge in [-0.05, 0) is 32.9 Å². The Morgan fingerprint density at radius 1 is 1.58 bits per heavy atom. The molecule has 5 N–H and O–H groups in total. The number of β-amino-alcohol motifs (C(OH)–C–C–N with tert-alkyl or cyclic N) is 1. The van der Waals surface area contributed by atoms with E-state index in [1.165, 1.54) is 0 Å². The van der Waals surface area contributed by atoms with Crippen molar-refractivity contribution < 1.29 is 14.6 Å². The van der Waals surface area contributed by atoms with Gasteiger partial charge in [0.05, 0.1) is 22.4 Å². The standard InChI is InChI=1S/C17H24ClN3O3/c1-17(2)6-11-14(19)12(18)5-10(15(11)24-17)16(23)21-7-9-3-4-20-8-13(9)22/h5,9,13,20,22H,3-4,6-8,19H2,1-2H3,(H,21,23). The molecule has 1 aromatic carbocycles. The Hall–Kier alpha value is -1.50. The lowest BCUT2D eigenvalue weighted by Gasteiger charge is -2.28. The molecule has 2 aliphatic heterocycles. The molecule has 2 atom stereocenters. The Balaban J connectivity index is 1.78. The van der Waals surface area contributed by atoms with E-state index in [0.29, 0.717) is 41.5 Å². The molecule has 132 valence electrons. The first-order valence-electron chi connectivity index (χ1n) is 8.25. The van der Waals surface area contributed by atoms with Crippen LogP contribution in [0, 0.1) is 5.92 Å². The van der Waals surface area contributed by atoms with Gasteiger partial charge >= 0.3 is 0 Å². The van der Waals surface area contributed by atoms with Crippen LogP contribution in [0.3, 0.4) is 0 Å². The van der Waals surface area contributed by atoms with Crippen molar-refractivity contribution in [1.29, 1.82) is 0 Å². The van der Waals surface area contributed by atoms with Gasteiger partial charge < -0.3 is 26.2 Å². The van der Waals surface area contributed by atoms with Gasteiger partial charge in [0.25, 0.3) is 5.91 Å². The second-order valence-corrected chi connectivity index (χ2v) is 7.60. The summed E-state index contributed by atoms with van der Waals surface area (Å²) in [5.74, 6) is 0.312. The molecular weight excluding hydrogens is 330 g/mol. The molecule has 2 heterocycles. The number of carbonyl (C=O) groups is 1. The second kappa shape index (κ2) is 6.43. The number of halogens is 1. The SMILES string of the molecule is CC1(C)Cc2c(N)c(Cl)cc(C(=O)NCC3CCNCC3O)c2O1. The second-order valence-electron chi connectivity index (χ2n) is 7.20. The van der Waals surface area contributed by atoms with Crippen molar-refractivity contribution in [3.05, 3.63) is 22.2 Å². The predicted molar refractivity (Wildman–Crippen MR) is 93.6 cm³/mol. The number of hydrogen-bond acceptors (Lipinski definition) is 5. The summed E-state index contributed by atoms with van der Waals surface area (Å²) in [6.07, 6.45) is 0.989. The molecule has 0 aliphatic carbocycles. The van der Waals surface area contributed by atoms with Gasteiger partial charge in [0.2, 0.25) is 0 Å². The molecule has 0 aromatic heterocycles. The van der Waals surface area contributed by atoms with Crippen LogP contribution < -0.4 is 21.1 Å². The van der Waals surface area contributed by atoms with E-state index >= 15 is 0 Å². The molecular formula is C17H24ClN3O3. The number of aliphatic hydroxyl groups is 1. The van der Waals surface area contributed by atoms with Crippen LogP contribution in [0.1, 0.15) is 36.2 Å². The number of amides is 1. The van der Waals surface area contributed by atoms with Crippen LogP contribution in [0.25, 0.3) is 0 Å². The summed E-state index contributed by atoms with van der Waals surface area (Å²) in [6.45, 7) is 5.72. The maximum Gasteiger partial charge on any atom is 0.255 e. The van der Waals surface area contributed by atoms with Crippen molar-refractivity contribution in [1.82, 2.24) is 10.6 Å². The molecule has 0 saturated carbocycles. The van der Waals surface area contributed by atoms with Crippen molar-refractivity contribution >= 4 is 23.2 Å². The molecule has 1 aromatic rings. The molecule has 1 fully saturated rings. The molecule has 3 rings (SSSR count). The third-order valence-corrected chi connectivity index (χ3v) is 5.02. The molecule has 2 unspecified atom stereocenters. The number of benzene rings is 1. The molecule has 0 bridgehead atoms. The average Bonchev–Trinajstić information content (AvgIpc) is 2.85. The Morgan fingerprint density at radius 2 is 2.33 bits per heavy atom. The number of nitrogen functional groups attached to an aromatic ring is 1. The summed E-state index contributed by atoms with van der Waals surface area (Å²) in [6, 6.07) is 1.56. The largest absolute Gasteiger partial charge is 0.486 e. The van der Waals surface area contributed by atoms with Crippen molar-refractivity contribution in [3.63, 3.8) is 0 Å². The number of rotatable bonds is 3. The van der Waals surface area contributed by atoms with Crippen LogP contribution >= 0.6 is 11.6 Å². The van der Waals surface area contributed by atoms with Gasteiger partial charge in [0.15, 0.2) is 0 Å². The van der Waals surface area contributed by atoms with Crippen molar-refractivity contribution in [2.24, 2.45) is 5.92 Å². The maximum absolute atomic E-state index is 12.6. The number of nitrogens with one attached hydrogen (secondary N) is 2. The number of anilines is 1. The van der Waals surface area contributed by atoms with Gasteiger partial charge in [-0.1, -0.05) is 11.6 Å². The lowest BCUT2D eigenvalue weighted by Crippen LogP contribution is -2.45. The molecule has 6 nitrogen and oxygen atoms in total. The zero-order chi connectivity index (χ0) is 17.5. The third-order valence-electron chi connectivity index (χ3n) is 4.71. The van der Waals surface area contributed by atoms with E-state index in [2.05, 4.69) is 10.6 Å². The van der Waals surface area contributed by atoms with Gasteiger partial charge in [0.1, 0.15) is 11.4 Å². The fourth-order valence-electron chi connectivity index (χ4n) is 3.35. The minimum Gasteiger partial charge on any atom is -0.486 e. The van der Waals surface area contributed by atoms with Crippen LogP contribution in [0.15, 0.2) is 6.07 Å². The minimum absolute atomic E-state index is 0.0462. The van der Waals surface area contributed by atoms with E-state index in [1.54, 1.807) is 6.07 Å². The highest BCUT2D eigenvalue weighted by Crippen LogP contribution is 2.43. The van der Waals surface area contributed by atoms with E-state index < -0.39 is 11.7 Å². The highest BCUT2D eigenvalue weighted by molar-refractivity contribution is 6.33. The Labute approximate surface area is 146 Å². The summed E-state index contributed by atoms with van der Waals surface area (Å²) in [4.78, 5) is 12.6. The smallest absolute Gasteiger partial charge is 0.255 e. The number of hydrogen-bond donors (Lipinski definition) is 4. The van der Waals surface area contributed by atoms with Crippen molar-refractivity contribution in [2.45, 2.75) is 38.4 Å². The first-order valence-corrected chi connectivity index (χ1v) is 8.63. The van der Waals surface area contributed by atoms with Crippen LogP contribution in [0.4, 0.5) is 5.69 Å². The van der Waals surface area contributed by atoms with Crippen molar-refractivity contribution in [2.75, 3.05) is 25.4 Å². The first kappa shape index (κ1) is 17.3. The van der Waals surface area contributed by atoms with Crippen LogP contribution in [0.2, 0.25) is 5.02 Å². The fourth-order valence-corrected chi connectivity index (χ4v) is 3.57. The molecule has 2 aliphatic rings. The third kappa shape index (κ3) is 3.31. The summed E-state index contributed by atoms with van der Waals surface area (Å²) < 4.78 is 5.94. The zero-order valence-electron chi connectivity index (χ0n) is 14.0. The molecule has 1 amide bonds. The van der Waals surface area contributed by atoms with E-state index in [4.69, 9.17) is 22.1 Å².